The molecule has 2 rings (SSSR count). The molecule has 0 aromatic heterocycles. The smallest absolute Gasteiger partial charge is 0.171 e. The van der Waals surface area contributed by atoms with Gasteiger partial charge in [-0.05, 0) is 41.9 Å². The first-order chi connectivity index (χ1) is 9.36. The van der Waals surface area contributed by atoms with Crippen LogP contribution in [0.5, 0.6) is 0 Å². The van der Waals surface area contributed by atoms with E-state index < -0.39 is 20.0 Å². The minimum Gasteiger partial charge on any atom is -0.307 e. The van der Waals surface area contributed by atoms with E-state index >= 15 is 0 Å². The van der Waals surface area contributed by atoms with E-state index in [-0.39, 0.29) is 0 Å². The zero-order valence-electron chi connectivity index (χ0n) is 11.0. The van der Waals surface area contributed by atoms with Crippen molar-refractivity contribution in [3.8, 4) is 0 Å². The number of rotatable bonds is 2. The fourth-order valence-corrected chi connectivity index (χ4v) is 2.79. The molecule has 0 aliphatic heterocycles. The lowest BCUT2D eigenvalue weighted by Gasteiger charge is -2.36. The first kappa shape index (κ1) is 17.3. The van der Waals surface area contributed by atoms with Crippen molar-refractivity contribution in [1.82, 2.24) is 0 Å². The molecule has 4 nitrogen and oxygen atoms in total. The predicted molar refractivity (Wildman–Crippen MR) is 90.1 cm³/mol. The van der Waals surface area contributed by atoms with Gasteiger partial charge < -0.3 is 22.9 Å². The summed E-state index contributed by atoms with van der Waals surface area (Å²) in [4.78, 5) is 0. The standard InChI is InChI=1S/C13H16Cl4N4/c14-10(15)6-8(1-3-12(10,18)19)5-9-2-4-13(20,21)11(16,17)7-9/h1-4,6-7H,5,18-21H2. The van der Waals surface area contributed by atoms with Crippen molar-refractivity contribution in [2.45, 2.75) is 26.4 Å². The third-order valence-corrected chi connectivity index (χ3v) is 5.19. The molecule has 0 bridgehead atoms. The van der Waals surface area contributed by atoms with Crippen molar-refractivity contribution in [3.63, 3.8) is 0 Å². The molecule has 0 saturated heterocycles. The lowest BCUT2D eigenvalue weighted by molar-refractivity contribution is 0.523. The van der Waals surface area contributed by atoms with Crippen LogP contribution in [0.4, 0.5) is 0 Å². The number of hydrogen-bond acceptors (Lipinski definition) is 4. The van der Waals surface area contributed by atoms with E-state index in [0.29, 0.717) is 6.42 Å². The van der Waals surface area contributed by atoms with Gasteiger partial charge in [-0.15, -0.1) is 0 Å². The number of halogens is 4. The summed E-state index contributed by atoms with van der Waals surface area (Å²) in [6.45, 7) is 0. The zero-order chi connectivity index (χ0) is 16.1. The van der Waals surface area contributed by atoms with Crippen LogP contribution in [-0.4, -0.2) is 20.0 Å². The van der Waals surface area contributed by atoms with Crippen LogP contribution in [0.2, 0.25) is 0 Å². The maximum absolute atomic E-state index is 6.14. The molecule has 0 saturated carbocycles. The van der Waals surface area contributed by atoms with E-state index in [0.717, 1.165) is 11.1 Å². The second-order valence-corrected chi connectivity index (χ2v) is 8.17. The summed E-state index contributed by atoms with van der Waals surface area (Å²) in [7, 11) is 0. The first-order valence-electron chi connectivity index (χ1n) is 6.09. The summed E-state index contributed by atoms with van der Waals surface area (Å²) in [5.74, 6) is 0. The quantitative estimate of drug-likeness (QED) is 0.441. The Balaban J connectivity index is 2.22. The highest BCUT2D eigenvalue weighted by atomic mass is 35.5. The van der Waals surface area contributed by atoms with Crippen LogP contribution in [0.3, 0.4) is 0 Å². The predicted octanol–water partition coefficient (Wildman–Crippen LogP) is 1.94. The van der Waals surface area contributed by atoms with Crippen LogP contribution in [0.1, 0.15) is 6.42 Å². The maximum atomic E-state index is 6.14. The average Bonchev–Trinajstić information content (AvgIpc) is 2.29. The van der Waals surface area contributed by atoms with E-state index in [1.165, 1.54) is 0 Å². The van der Waals surface area contributed by atoms with Crippen LogP contribution >= 0.6 is 46.4 Å². The van der Waals surface area contributed by atoms with E-state index in [4.69, 9.17) is 69.3 Å². The van der Waals surface area contributed by atoms with Gasteiger partial charge in [-0.2, -0.15) is 0 Å². The number of alkyl halides is 4. The summed E-state index contributed by atoms with van der Waals surface area (Å²) in [6, 6.07) is 0. The Hall–Kier alpha value is -0.0400. The largest absolute Gasteiger partial charge is 0.307 e. The first-order valence-corrected chi connectivity index (χ1v) is 7.61. The molecule has 0 radical (unpaired) electrons. The molecule has 0 aromatic carbocycles. The lowest BCUT2D eigenvalue weighted by atomic mass is 9.90. The number of nitrogens with two attached hydrogens (primary N) is 4. The molecule has 116 valence electrons. The summed E-state index contributed by atoms with van der Waals surface area (Å²) in [5, 5.41) is 0. The van der Waals surface area contributed by atoms with Gasteiger partial charge in [0.25, 0.3) is 0 Å². The minimum atomic E-state index is -1.40. The zero-order valence-corrected chi connectivity index (χ0v) is 14.0. The van der Waals surface area contributed by atoms with Gasteiger partial charge in [0.1, 0.15) is 11.3 Å². The normalized spacial score (nSPS) is 28.0. The fourth-order valence-electron chi connectivity index (χ4n) is 1.98. The monoisotopic (exact) mass is 368 g/mol. The minimum absolute atomic E-state index is 0.488. The van der Waals surface area contributed by atoms with E-state index in [1.807, 2.05) is 0 Å². The SMILES string of the molecule is NC1(N)C=CC(CC2=CC(Cl)(Cl)C(N)(N)C=C2)=CC1(Cl)Cl. The Labute approximate surface area is 143 Å². The fraction of sp³-hybridized carbons (Fsp3) is 0.385. The molecule has 0 heterocycles. The molecule has 0 spiro atoms. The van der Waals surface area contributed by atoms with Crippen LogP contribution < -0.4 is 22.9 Å². The molecule has 0 unspecified atom stereocenters. The van der Waals surface area contributed by atoms with Crippen LogP contribution in [0.15, 0.2) is 47.6 Å². The van der Waals surface area contributed by atoms with Crippen molar-refractivity contribution in [1.29, 1.82) is 0 Å². The van der Waals surface area contributed by atoms with Gasteiger partial charge in [-0.25, -0.2) is 0 Å². The Morgan fingerprint density at radius 3 is 1.33 bits per heavy atom. The molecule has 0 amide bonds. The van der Waals surface area contributed by atoms with Gasteiger partial charge in [0.15, 0.2) is 8.67 Å². The average molecular weight is 370 g/mol. The highest BCUT2D eigenvalue weighted by Crippen LogP contribution is 2.40. The van der Waals surface area contributed by atoms with Gasteiger partial charge in [-0.1, -0.05) is 58.6 Å². The molecule has 21 heavy (non-hydrogen) atoms. The Kier molecular flexibility index (Phi) is 4.33. The van der Waals surface area contributed by atoms with Crippen molar-refractivity contribution in [3.05, 3.63) is 47.6 Å². The number of allylic oxidation sites excluding steroid dienone is 4. The Morgan fingerprint density at radius 1 is 0.714 bits per heavy atom. The second-order valence-electron chi connectivity index (χ2n) is 5.39. The molecule has 2 aliphatic carbocycles. The van der Waals surface area contributed by atoms with E-state index in [1.54, 1.807) is 36.5 Å². The summed E-state index contributed by atoms with van der Waals surface area (Å²) < 4.78 is -2.80. The highest BCUT2D eigenvalue weighted by Gasteiger charge is 2.44. The molecular formula is C13H16Cl4N4. The number of hydrogen-bond donors (Lipinski definition) is 4. The Morgan fingerprint density at radius 2 is 1.05 bits per heavy atom. The van der Waals surface area contributed by atoms with Gasteiger partial charge in [-0.3, -0.25) is 0 Å². The van der Waals surface area contributed by atoms with Crippen LogP contribution in [0, 0.1) is 0 Å². The van der Waals surface area contributed by atoms with Gasteiger partial charge in [0.05, 0.1) is 0 Å². The lowest BCUT2D eigenvalue weighted by Crippen LogP contribution is -2.60. The van der Waals surface area contributed by atoms with Crippen molar-refractivity contribution in [2.75, 3.05) is 0 Å². The molecule has 8 heteroatoms. The molecule has 0 aromatic rings. The van der Waals surface area contributed by atoms with Gasteiger partial charge in [0, 0.05) is 0 Å². The van der Waals surface area contributed by atoms with Crippen LogP contribution in [0.25, 0.3) is 0 Å². The third-order valence-electron chi connectivity index (χ3n) is 3.44. The topological polar surface area (TPSA) is 104 Å². The van der Waals surface area contributed by atoms with Gasteiger partial charge in [0.2, 0.25) is 0 Å². The highest BCUT2D eigenvalue weighted by molar-refractivity contribution is 6.51. The van der Waals surface area contributed by atoms with Crippen molar-refractivity contribution in [2.24, 2.45) is 22.9 Å². The van der Waals surface area contributed by atoms with Crippen LogP contribution in [-0.2, 0) is 0 Å². The summed E-state index contributed by atoms with van der Waals surface area (Å²) >= 11 is 24.5. The Bertz CT molecular complexity index is 521. The van der Waals surface area contributed by atoms with Gasteiger partial charge >= 0.3 is 0 Å². The molecular weight excluding hydrogens is 354 g/mol. The van der Waals surface area contributed by atoms with E-state index in [2.05, 4.69) is 0 Å². The van der Waals surface area contributed by atoms with E-state index in [9.17, 15) is 0 Å². The summed E-state index contributed by atoms with van der Waals surface area (Å²) in [6.07, 6.45) is 10.3. The molecule has 0 fully saturated rings. The molecule has 8 N–H and O–H groups in total. The molecule has 2 aliphatic rings. The second kappa shape index (κ2) is 5.25. The maximum Gasteiger partial charge on any atom is 0.171 e. The van der Waals surface area contributed by atoms with Crippen molar-refractivity contribution >= 4 is 46.4 Å². The van der Waals surface area contributed by atoms with Crippen molar-refractivity contribution < 1.29 is 0 Å². The molecule has 0 atom stereocenters. The third kappa shape index (κ3) is 3.33. The summed E-state index contributed by atoms with van der Waals surface area (Å²) in [5.41, 5.74) is 22.2.